The molecule has 0 atom stereocenters. The molecule has 0 fully saturated rings. The van der Waals surface area contributed by atoms with Gasteiger partial charge in [-0.25, -0.2) is 8.78 Å². The maximum Gasteiger partial charge on any atom is 0.191 e. The Morgan fingerprint density at radius 1 is 1.10 bits per heavy atom. The van der Waals surface area contributed by atoms with Gasteiger partial charge in [-0.3, -0.25) is 4.99 Å². The van der Waals surface area contributed by atoms with Gasteiger partial charge in [0, 0.05) is 16.7 Å². The molecule has 0 N–H and O–H groups in total. The van der Waals surface area contributed by atoms with Crippen LogP contribution < -0.4 is 4.74 Å². The minimum Gasteiger partial charge on any atom is -0.485 e. The number of rotatable bonds is 2. The van der Waals surface area contributed by atoms with E-state index in [1.165, 1.54) is 12.1 Å². The molecule has 0 radical (unpaired) electrons. The maximum atomic E-state index is 14.2. The average Bonchev–Trinajstić information content (AvgIpc) is 2.48. The first-order chi connectivity index (χ1) is 9.67. The fourth-order valence-corrected chi connectivity index (χ4v) is 2.36. The molecule has 3 rings (SSSR count). The van der Waals surface area contributed by atoms with Crippen molar-refractivity contribution in [3.05, 3.63) is 53.6 Å². The van der Waals surface area contributed by atoms with Crippen LogP contribution in [0.25, 0.3) is 17.2 Å². The van der Waals surface area contributed by atoms with Crippen molar-refractivity contribution in [1.29, 1.82) is 0 Å². The standard InChI is InChI=1S/C16H11F2NO/c1-3-9-4-5-10-11-6-7-13(19-2)15(18)16(11)20-8-12(10)14(9)17/h3-7H,1-2,8H2. The van der Waals surface area contributed by atoms with E-state index in [1.807, 2.05) is 0 Å². The second kappa shape index (κ2) is 4.56. The summed E-state index contributed by atoms with van der Waals surface area (Å²) in [5.74, 6) is -0.862. The highest BCUT2D eigenvalue weighted by molar-refractivity contribution is 5.79. The summed E-state index contributed by atoms with van der Waals surface area (Å²) < 4.78 is 33.7. The summed E-state index contributed by atoms with van der Waals surface area (Å²) in [6.45, 7) is 6.85. The van der Waals surface area contributed by atoms with Crippen LogP contribution in [-0.4, -0.2) is 6.72 Å². The summed E-state index contributed by atoms with van der Waals surface area (Å²) in [7, 11) is 0. The van der Waals surface area contributed by atoms with Crippen LogP contribution in [0.4, 0.5) is 14.5 Å². The van der Waals surface area contributed by atoms with Gasteiger partial charge in [0.15, 0.2) is 11.6 Å². The number of fused-ring (bicyclic) bond motifs is 3. The number of hydrogen-bond donors (Lipinski definition) is 0. The number of hydrogen-bond acceptors (Lipinski definition) is 2. The SMILES string of the molecule is C=Cc1ccc2c(c1F)COc1c-2ccc(N=C)c1F. The van der Waals surface area contributed by atoms with Gasteiger partial charge in [0.25, 0.3) is 0 Å². The third-order valence-corrected chi connectivity index (χ3v) is 3.39. The summed E-state index contributed by atoms with van der Waals surface area (Å²) in [4.78, 5) is 3.59. The first-order valence-corrected chi connectivity index (χ1v) is 6.03. The minimum absolute atomic E-state index is 0.0205. The Hall–Kier alpha value is -2.49. The van der Waals surface area contributed by atoms with Crippen LogP contribution in [0.5, 0.6) is 5.75 Å². The minimum atomic E-state index is -0.573. The van der Waals surface area contributed by atoms with Crippen molar-refractivity contribution < 1.29 is 13.5 Å². The Labute approximate surface area is 115 Å². The summed E-state index contributed by atoms with van der Waals surface area (Å²) >= 11 is 0. The van der Waals surface area contributed by atoms with Crippen molar-refractivity contribution in [2.24, 2.45) is 4.99 Å². The van der Waals surface area contributed by atoms with E-state index in [2.05, 4.69) is 18.3 Å². The molecule has 1 aliphatic heterocycles. The van der Waals surface area contributed by atoms with E-state index in [9.17, 15) is 8.78 Å². The van der Waals surface area contributed by atoms with Gasteiger partial charge in [-0.1, -0.05) is 24.8 Å². The largest absolute Gasteiger partial charge is 0.485 e. The van der Waals surface area contributed by atoms with Crippen LogP contribution >= 0.6 is 0 Å². The number of ether oxygens (including phenoxy) is 1. The van der Waals surface area contributed by atoms with Gasteiger partial charge < -0.3 is 4.74 Å². The third kappa shape index (κ3) is 1.65. The number of nitrogens with zero attached hydrogens (tertiary/aromatic N) is 1. The molecule has 4 heteroatoms. The molecule has 0 amide bonds. The summed E-state index contributed by atoms with van der Waals surface area (Å²) in [6.07, 6.45) is 1.44. The van der Waals surface area contributed by atoms with E-state index in [1.54, 1.807) is 18.2 Å². The molecule has 1 heterocycles. The van der Waals surface area contributed by atoms with Crippen LogP contribution in [0, 0.1) is 11.6 Å². The monoisotopic (exact) mass is 271 g/mol. The van der Waals surface area contributed by atoms with Crippen LogP contribution in [-0.2, 0) is 6.61 Å². The predicted molar refractivity (Wildman–Crippen MR) is 75.4 cm³/mol. The van der Waals surface area contributed by atoms with Gasteiger partial charge in [0.05, 0.1) is 0 Å². The Balaban J connectivity index is 2.27. The van der Waals surface area contributed by atoms with Crippen molar-refractivity contribution in [3.63, 3.8) is 0 Å². The van der Waals surface area contributed by atoms with Gasteiger partial charge in [-0.15, -0.1) is 0 Å². The number of aliphatic imine (C=N–C) groups is 1. The van der Waals surface area contributed by atoms with Crippen LogP contribution in [0.3, 0.4) is 0 Å². The highest BCUT2D eigenvalue weighted by atomic mass is 19.1. The van der Waals surface area contributed by atoms with Gasteiger partial charge >= 0.3 is 0 Å². The Morgan fingerprint density at radius 2 is 1.85 bits per heavy atom. The molecule has 0 saturated carbocycles. The molecule has 20 heavy (non-hydrogen) atoms. The van der Waals surface area contributed by atoms with Crippen molar-refractivity contribution in [2.45, 2.75) is 6.61 Å². The molecule has 100 valence electrons. The Bertz CT molecular complexity index is 674. The zero-order valence-corrected chi connectivity index (χ0v) is 10.6. The zero-order valence-electron chi connectivity index (χ0n) is 10.6. The predicted octanol–water partition coefficient (Wildman–Crippen LogP) is 4.50. The van der Waals surface area contributed by atoms with Gasteiger partial charge in [-0.05, 0) is 24.4 Å². The molecule has 0 aromatic heterocycles. The number of halogens is 2. The first kappa shape index (κ1) is 12.5. The second-order valence-electron chi connectivity index (χ2n) is 4.42. The molecular formula is C16H11F2NO. The quantitative estimate of drug-likeness (QED) is 0.737. The Morgan fingerprint density at radius 3 is 2.55 bits per heavy atom. The zero-order chi connectivity index (χ0) is 14.3. The molecule has 0 unspecified atom stereocenters. The molecule has 0 spiro atoms. The molecule has 0 aliphatic carbocycles. The molecule has 0 bridgehead atoms. The molecular weight excluding hydrogens is 260 g/mol. The molecule has 2 aromatic carbocycles. The van der Waals surface area contributed by atoms with E-state index in [0.717, 1.165) is 0 Å². The highest BCUT2D eigenvalue weighted by Gasteiger charge is 2.25. The lowest BCUT2D eigenvalue weighted by Crippen LogP contribution is -2.10. The summed E-state index contributed by atoms with van der Waals surface area (Å²) in [5.41, 5.74) is 2.08. The van der Waals surface area contributed by atoms with E-state index < -0.39 is 5.82 Å². The molecule has 2 aromatic rings. The van der Waals surface area contributed by atoms with Gasteiger partial charge in [0.1, 0.15) is 18.1 Å². The smallest absolute Gasteiger partial charge is 0.191 e. The lowest BCUT2D eigenvalue weighted by atomic mass is 9.94. The Kier molecular flexibility index (Phi) is 2.86. The van der Waals surface area contributed by atoms with Crippen LogP contribution in [0.1, 0.15) is 11.1 Å². The van der Waals surface area contributed by atoms with E-state index in [0.29, 0.717) is 22.3 Å². The van der Waals surface area contributed by atoms with E-state index in [-0.39, 0.29) is 23.9 Å². The lowest BCUT2D eigenvalue weighted by molar-refractivity contribution is 0.281. The van der Waals surface area contributed by atoms with Crippen LogP contribution in [0.2, 0.25) is 0 Å². The van der Waals surface area contributed by atoms with Crippen molar-refractivity contribution in [1.82, 2.24) is 0 Å². The maximum absolute atomic E-state index is 14.2. The van der Waals surface area contributed by atoms with Crippen molar-refractivity contribution in [3.8, 4) is 16.9 Å². The normalized spacial score (nSPS) is 12.1. The summed E-state index contributed by atoms with van der Waals surface area (Å²) in [5, 5.41) is 0. The second-order valence-corrected chi connectivity index (χ2v) is 4.42. The number of benzene rings is 2. The van der Waals surface area contributed by atoms with Gasteiger partial charge in [-0.2, -0.15) is 0 Å². The molecule has 2 nitrogen and oxygen atoms in total. The lowest BCUT2D eigenvalue weighted by Gasteiger charge is -2.22. The van der Waals surface area contributed by atoms with Crippen molar-refractivity contribution in [2.75, 3.05) is 0 Å². The molecule has 1 aliphatic rings. The molecule has 0 saturated heterocycles. The van der Waals surface area contributed by atoms with E-state index in [4.69, 9.17) is 4.74 Å². The summed E-state index contributed by atoms with van der Waals surface area (Å²) in [6, 6.07) is 6.53. The van der Waals surface area contributed by atoms with Crippen molar-refractivity contribution >= 4 is 18.5 Å². The fourth-order valence-electron chi connectivity index (χ4n) is 2.36. The van der Waals surface area contributed by atoms with Gasteiger partial charge in [0.2, 0.25) is 0 Å². The van der Waals surface area contributed by atoms with E-state index >= 15 is 0 Å². The topological polar surface area (TPSA) is 21.6 Å². The third-order valence-electron chi connectivity index (χ3n) is 3.39. The first-order valence-electron chi connectivity index (χ1n) is 6.03. The average molecular weight is 271 g/mol. The van der Waals surface area contributed by atoms with Crippen LogP contribution in [0.15, 0.2) is 35.8 Å². The highest BCUT2D eigenvalue weighted by Crippen LogP contribution is 2.43. The fraction of sp³-hybridized carbons (Fsp3) is 0.0625.